The maximum atomic E-state index is 12.5. The van der Waals surface area contributed by atoms with Gasteiger partial charge in [-0.05, 0) is 23.3 Å². The highest BCUT2D eigenvalue weighted by atomic mass is 16.5. The number of fused-ring (bicyclic) bond motifs is 1. The van der Waals surface area contributed by atoms with Crippen molar-refractivity contribution in [1.29, 1.82) is 0 Å². The average molecular weight is 406 g/mol. The summed E-state index contributed by atoms with van der Waals surface area (Å²) in [5.41, 5.74) is 1.86. The van der Waals surface area contributed by atoms with Crippen LogP contribution < -0.4 is 16.0 Å². The summed E-state index contributed by atoms with van der Waals surface area (Å²) in [6, 6.07) is 17.7. The van der Waals surface area contributed by atoms with E-state index in [0.717, 1.165) is 15.7 Å². The second-order valence-electron chi connectivity index (χ2n) is 7.13. The number of rotatable bonds is 6. The van der Waals surface area contributed by atoms with E-state index in [-0.39, 0.29) is 24.3 Å². The third-order valence-electron chi connectivity index (χ3n) is 5.03. The van der Waals surface area contributed by atoms with Gasteiger partial charge in [0.05, 0.1) is 12.9 Å². The highest BCUT2D eigenvalue weighted by Gasteiger charge is 2.16. The number of aliphatic hydroxyl groups is 1. The Labute approximate surface area is 172 Å². The number of nitrogens with zero attached hydrogens (tertiary/aromatic N) is 4. The minimum absolute atomic E-state index is 0.0520. The first-order valence-electron chi connectivity index (χ1n) is 9.53. The Morgan fingerprint density at radius 1 is 0.967 bits per heavy atom. The van der Waals surface area contributed by atoms with Crippen LogP contribution in [0.3, 0.4) is 0 Å². The summed E-state index contributed by atoms with van der Waals surface area (Å²) in [5, 5.41) is 10.4. The molecule has 0 bridgehead atoms. The molecule has 0 aliphatic heterocycles. The Bertz CT molecular complexity index is 1290. The fraction of sp³-hybridized carbons (Fsp3) is 0.227. The molecule has 8 nitrogen and oxygen atoms in total. The van der Waals surface area contributed by atoms with Gasteiger partial charge in [-0.1, -0.05) is 42.5 Å². The van der Waals surface area contributed by atoms with E-state index in [1.165, 1.54) is 17.9 Å². The van der Waals surface area contributed by atoms with Crippen molar-refractivity contribution in [2.75, 3.05) is 6.61 Å². The molecule has 0 saturated heterocycles. The van der Waals surface area contributed by atoms with Crippen molar-refractivity contribution in [3.63, 3.8) is 0 Å². The third kappa shape index (κ3) is 3.65. The summed E-state index contributed by atoms with van der Waals surface area (Å²) in [6.45, 7) is 0.169. The Balaban J connectivity index is 1.45. The number of aliphatic hydroxyl groups excluding tert-OH is 1. The zero-order valence-electron chi connectivity index (χ0n) is 16.7. The molecule has 2 heterocycles. The predicted molar refractivity (Wildman–Crippen MR) is 114 cm³/mol. The molecular weight excluding hydrogens is 384 g/mol. The SMILES string of the molecule is Cn1c(=O)c2c(ncn2CC(O)COc2ccc(-c3ccccc3)cc2)n(C)c1=O. The molecule has 0 aliphatic carbocycles. The largest absolute Gasteiger partial charge is 0.491 e. The molecule has 30 heavy (non-hydrogen) atoms. The van der Waals surface area contributed by atoms with Gasteiger partial charge >= 0.3 is 5.69 Å². The molecule has 0 fully saturated rings. The second-order valence-corrected chi connectivity index (χ2v) is 7.13. The standard InChI is InChI=1S/C22H22N4O4/c1-24-20-19(21(28)25(2)22(24)29)26(14-23-20)12-17(27)13-30-18-10-8-16(9-11-18)15-6-4-3-5-7-15/h3-11,14,17,27H,12-13H2,1-2H3. The van der Waals surface area contributed by atoms with E-state index < -0.39 is 17.4 Å². The lowest BCUT2D eigenvalue weighted by atomic mass is 10.1. The van der Waals surface area contributed by atoms with Crippen LogP contribution in [-0.4, -0.2) is 36.5 Å². The monoisotopic (exact) mass is 406 g/mol. The van der Waals surface area contributed by atoms with E-state index in [0.29, 0.717) is 5.75 Å². The van der Waals surface area contributed by atoms with Gasteiger partial charge in [0.25, 0.3) is 5.56 Å². The zero-order valence-corrected chi connectivity index (χ0v) is 16.7. The van der Waals surface area contributed by atoms with Crippen LogP contribution in [0.5, 0.6) is 5.75 Å². The molecule has 4 rings (SSSR count). The van der Waals surface area contributed by atoms with Crippen LogP contribution in [0, 0.1) is 0 Å². The van der Waals surface area contributed by atoms with Gasteiger partial charge in [-0.3, -0.25) is 13.9 Å². The van der Waals surface area contributed by atoms with E-state index in [9.17, 15) is 14.7 Å². The van der Waals surface area contributed by atoms with E-state index in [1.807, 2.05) is 54.6 Å². The minimum Gasteiger partial charge on any atom is -0.491 e. The Morgan fingerprint density at radius 3 is 2.33 bits per heavy atom. The molecule has 2 aromatic heterocycles. The molecule has 0 spiro atoms. The van der Waals surface area contributed by atoms with Gasteiger partial charge in [0.1, 0.15) is 18.5 Å². The second kappa shape index (κ2) is 8.00. The van der Waals surface area contributed by atoms with Gasteiger partial charge in [-0.2, -0.15) is 0 Å². The normalized spacial score (nSPS) is 12.2. The van der Waals surface area contributed by atoms with Crippen LogP contribution in [-0.2, 0) is 20.6 Å². The van der Waals surface area contributed by atoms with E-state index in [2.05, 4.69) is 4.98 Å². The van der Waals surface area contributed by atoms with Crippen molar-refractivity contribution < 1.29 is 9.84 Å². The van der Waals surface area contributed by atoms with Crippen LogP contribution in [0.4, 0.5) is 0 Å². The fourth-order valence-corrected chi connectivity index (χ4v) is 3.38. The van der Waals surface area contributed by atoms with Gasteiger partial charge in [-0.25, -0.2) is 9.78 Å². The quantitative estimate of drug-likeness (QED) is 0.525. The number of hydrogen-bond donors (Lipinski definition) is 1. The fourth-order valence-electron chi connectivity index (χ4n) is 3.38. The third-order valence-corrected chi connectivity index (χ3v) is 5.03. The van der Waals surface area contributed by atoms with Crippen molar-refractivity contribution in [2.24, 2.45) is 14.1 Å². The minimum atomic E-state index is -0.863. The molecule has 0 amide bonds. The van der Waals surface area contributed by atoms with E-state index in [1.54, 1.807) is 11.6 Å². The molecule has 1 atom stereocenters. The topological polar surface area (TPSA) is 91.3 Å². The van der Waals surface area contributed by atoms with Crippen molar-refractivity contribution in [3.05, 3.63) is 81.8 Å². The first-order valence-corrected chi connectivity index (χ1v) is 9.53. The number of ether oxygens (including phenoxy) is 1. The molecule has 154 valence electrons. The summed E-state index contributed by atoms with van der Waals surface area (Å²) in [4.78, 5) is 28.6. The lowest BCUT2D eigenvalue weighted by Crippen LogP contribution is -2.38. The van der Waals surface area contributed by atoms with E-state index in [4.69, 9.17) is 4.74 Å². The van der Waals surface area contributed by atoms with Gasteiger partial charge in [0.15, 0.2) is 11.2 Å². The molecule has 0 radical (unpaired) electrons. The average Bonchev–Trinajstić information content (AvgIpc) is 3.19. The number of aryl methyl sites for hydroxylation is 1. The van der Waals surface area contributed by atoms with Crippen molar-refractivity contribution in [1.82, 2.24) is 18.7 Å². The Morgan fingerprint density at radius 2 is 1.63 bits per heavy atom. The summed E-state index contributed by atoms with van der Waals surface area (Å²) >= 11 is 0. The van der Waals surface area contributed by atoms with Gasteiger partial charge in [0.2, 0.25) is 0 Å². The van der Waals surface area contributed by atoms with Crippen molar-refractivity contribution in [2.45, 2.75) is 12.6 Å². The van der Waals surface area contributed by atoms with Crippen LogP contribution in [0.25, 0.3) is 22.3 Å². The molecule has 0 aliphatic rings. The van der Waals surface area contributed by atoms with E-state index >= 15 is 0 Å². The molecular formula is C22H22N4O4. The molecule has 8 heteroatoms. The lowest BCUT2D eigenvalue weighted by Gasteiger charge is -2.14. The number of hydrogen-bond acceptors (Lipinski definition) is 5. The molecule has 2 aromatic carbocycles. The molecule has 4 aromatic rings. The summed E-state index contributed by atoms with van der Waals surface area (Å²) < 4.78 is 9.57. The lowest BCUT2D eigenvalue weighted by molar-refractivity contribution is 0.0934. The van der Waals surface area contributed by atoms with Gasteiger partial charge in [0, 0.05) is 14.1 Å². The van der Waals surface area contributed by atoms with Crippen LogP contribution >= 0.6 is 0 Å². The maximum Gasteiger partial charge on any atom is 0.332 e. The number of aromatic nitrogens is 4. The zero-order chi connectivity index (χ0) is 21.3. The van der Waals surface area contributed by atoms with Crippen molar-refractivity contribution in [3.8, 4) is 16.9 Å². The Hall–Kier alpha value is -3.65. The molecule has 1 unspecified atom stereocenters. The summed E-state index contributed by atoms with van der Waals surface area (Å²) in [7, 11) is 2.97. The summed E-state index contributed by atoms with van der Waals surface area (Å²) in [6.07, 6.45) is 0.585. The first kappa shape index (κ1) is 19.7. The Kier molecular flexibility index (Phi) is 5.24. The maximum absolute atomic E-state index is 12.5. The van der Waals surface area contributed by atoms with Gasteiger partial charge < -0.3 is 14.4 Å². The summed E-state index contributed by atoms with van der Waals surface area (Å²) in [5.74, 6) is 0.641. The number of imidazole rings is 1. The van der Waals surface area contributed by atoms with Gasteiger partial charge in [-0.15, -0.1) is 0 Å². The molecule has 0 saturated carbocycles. The smallest absolute Gasteiger partial charge is 0.332 e. The van der Waals surface area contributed by atoms with Crippen LogP contribution in [0.15, 0.2) is 70.5 Å². The van der Waals surface area contributed by atoms with Crippen molar-refractivity contribution >= 4 is 11.2 Å². The van der Waals surface area contributed by atoms with Crippen LogP contribution in [0.2, 0.25) is 0 Å². The first-order chi connectivity index (χ1) is 14.5. The number of benzene rings is 2. The predicted octanol–water partition coefficient (Wildman–Crippen LogP) is 1.54. The van der Waals surface area contributed by atoms with Crippen LogP contribution in [0.1, 0.15) is 0 Å². The highest BCUT2D eigenvalue weighted by molar-refractivity contribution is 5.70. The highest BCUT2D eigenvalue weighted by Crippen LogP contribution is 2.22. The molecule has 1 N–H and O–H groups in total.